The second kappa shape index (κ2) is 4.14. The van der Waals surface area contributed by atoms with E-state index < -0.39 is 0 Å². The van der Waals surface area contributed by atoms with Crippen LogP contribution in [-0.2, 0) is 4.79 Å². The second-order valence-corrected chi connectivity index (χ2v) is 0.670. The van der Waals surface area contributed by atoms with Crippen molar-refractivity contribution >= 4 is 12.6 Å². The fraction of sp³-hybridized carbons (Fsp3) is 0.333. The summed E-state index contributed by atoms with van der Waals surface area (Å²) in [6, 6.07) is 0. The number of carbonyl (C=O) groups excluding carboxylic acids is 1. The summed E-state index contributed by atoms with van der Waals surface area (Å²) >= 11 is 0. The van der Waals surface area contributed by atoms with Gasteiger partial charge in [-0.3, -0.25) is 10.2 Å². The van der Waals surface area contributed by atoms with E-state index in [-0.39, 0.29) is 6.54 Å². The Hall–Kier alpha value is -0.860. The largest absolute Gasteiger partial charge is 0.369 e. The van der Waals surface area contributed by atoms with Crippen LogP contribution < -0.4 is 5.32 Å². The maximum Gasteiger partial charge on any atom is 0.219 e. The van der Waals surface area contributed by atoms with Crippen LogP contribution >= 0.6 is 0 Å². The van der Waals surface area contributed by atoms with Crippen molar-refractivity contribution in [3.05, 3.63) is 0 Å². The van der Waals surface area contributed by atoms with E-state index in [1.54, 1.807) is 6.29 Å². The fourth-order valence-corrected chi connectivity index (χ4v) is 0.0927. The van der Waals surface area contributed by atoms with Crippen molar-refractivity contribution in [1.82, 2.24) is 5.32 Å². The topological polar surface area (TPSA) is 53.0 Å². The van der Waals surface area contributed by atoms with Gasteiger partial charge in [-0.15, -0.1) is 0 Å². The van der Waals surface area contributed by atoms with E-state index in [4.69, 9.17) is 5.41 Å². The van der Waals surface area contributed by atoms with Crippen LogP contribution in [0, 0.1) is 5.41 Å². The van der Waals surface area contributed by atoms with Gasteiger partial charge in [-0.1, -0.05) is 0 Å². The molecule has 0 aromatic heterocycles. The molecule has 0 aliphatic heterocycles. The zero-order valence-electron chi connectivity index (χ0n) is 3.19. The highest BCUT2D eigenvalue weighted by Gasteiger charge is 1.68. The van der Waals surface area contributed by atoms with E-state index in [1.807, 2.05) is 0 Å². The standard InChI is InChI=1S/C3H5N2O/c4-3-5-1-2-6/h3H,1H2,(H2,4,5). The summed E-state index contributed by atoms with van der Waals surface area (Å²) in [4.78, 5) is 9.27. The number of hydrogen-bond acceptors (Lipinski definition) is 2. The van der Waals surface area contributed by atoms with Crippen LogP contribution in [0.1, 0.15) is 0 Å². The first-order chi connectivity index (χ1) is 2.91. The molecule has 3 heteroatoms. The Morgan fingerprint density at radius 3 is 2.83 bits per heavy atom. The average Bonchev–Trinajstić information content (AvgIpc) is 1.61. The molecule has 0 saturated carbocycles. The lowest BCUT2D eigenvalue weighted by Gasteiger charge is -1.80. The lowest BCUT2D eigenvalue weighted by atomic mass is 10.7. The summed E-state index contributed by atoms with van der Waals surface area (Å²) in [7, 11) is 0. The van der Waals surface area contributed by atoms with Gasteiger partial charge in [0.05, 0.1) is 12.9 Å². The first-order valence-electron chi connectivity index (χ1n) is 1.49. The van der Waals surface area contributed by atoms with E-state index >= 15 is 0 Å². The Bertz CT molecular complexity index is 44.8. The molecule has 0 aromatic carbocycles. The fourth-order valence-electron chi connectivity index (χ4n) is 0.0927. The van der Waals surface area contributed by atoms with E-state index in [1.165, 1.54) is 0 Å². The van der Waals surface area contributed by atoms with Crippen molar-refractivity contribution in [3.8, 4) is 0 Å². The number of rotatable bonds is 3. The minimum Gasteiger partial charge on any atom is -0.369 e. The molecule has 0 heterocycles. The Balaban J connectivity index is 2.66. The van der Waals surface area contributed by atoms with Crippen LogP contribution in [-0.4, -0.2) is 19.2 Å². The molecule has 0 amide bonds. The maximum atomic E-state index is 9.27. The molecular formula is C3H5N2O. The van der Waals surface area contributed by atoms with Crippen LogP contribution in [0.3, 0.4) is 0 Å². The molecule has 0 spiro atoms. The van der Waals surface area contributed by atoms with E-state index in [9.17, 15) is 4.79 Å². The molecule has 0 unspecified atom stereocenters. The van der Waals surface area contributed by atoms with Crippen molar-refractivity contribution in [2.45, 2.75) is 0 Å². The van der Waals surface area contributed by atoms with Gasteiger partial charge in [-0.05, 0) is 0 Å². The summed E-state index contributed by atoms with van der Waals surface area (Å²) in [5.74, 6) is 0. The van der Waals surface area contributed by atoms with Crippen molar-refractivity contribution in [2.75, 3.05) is 6.54 Å². The van der Waals surface area contributed by atoms with Crippen molar-refractivity contribution in [1.29, 1.82) is 5.41 Å². The average molecular weight is 85.1 g/mol. The summed E-state index contributed by atoms with van der Waals surface area (Å²) in [5.41, 5.74) is 0. The Morgan fingerprint density at radius 2 is 2.67 bits per heavy atom. The highest BCUT2D eigenvalue weighted by molar-refractivity contribution is 5.60. The summed E-state index contributed by atoms with van der Waals surface area (Å²) in [6.07, 6.45) is 2.51. The van der Waals surface area contributed by atoms with Gasteiger partial charge in [-0.2, -0.15) is 0 Å². The number of hydrogen-bond donors (Lipinski definition) is 2. The molecule has 6 heavy (non-hydrogen) atoms. The monoisotopic (exact) mass is 85.0 g/mol. The number of nitrogens with one attached hydrogen (secondary N) is 2. The molecule has 0 aromatic rings. The predicted molar refractivity (Wildman–Crippen MR) is 22.5 cm³/mol. The molecule has 0 saturated heterocycles. The Labute approximate surface area is 35.9 Å². The molecule has 0 bridgehead atoms. The van der Waals surface area contributed by atoms with Gasteiger partial charge in [0.1, 0.15) is 0 Å². The molecule has 33 valence electrons. The molecule has 2 N–H and O–H groups in total. The van der Waals surface area contributed by atoms with Crippen LogP contribution in [0.2, 0.25) is 0 Å². The zero-order valence-corrected chi connectivity index (χ0v) is 3.19. The predicted octanol–water partition coefficient (Wildman–Crippen LogP) is -0.707. The van der Waals surface area contributed by atoms with E-state index in [0.717, 1.165) is 6.34 Å². The van der Waals surface area contributed by atoms with Crippen molar-refractivity contribution in [2.24, 2.45) is 0 Å². The molecule has 1 radical (unpaired) electrons. The first-order valence-corrected chi connectivity index (χ1v) is 1.49. The van der Waals surface area contributed by atoms with Crippen molar-refractivity contribution < 1.29 is 4.79 Å². The normalized spacial score (nSPS) is 6.67. The van der Waals surface area contributed by atoms with Gasteiger partial charge in [0.15, 0.2) is 0 Å². The summed E-state index contributed by atoms with van der Waals surface area (Å²) in [5, 5.41) is 8.61. The lowest BCUT2D eigenvalue weighted by molar-refractivity contribution is 0.554. The third kappa shape index (κ3) is 3.14. The molecule has 0 rings (SSSR count). The molecule has 0 atom stereocenters. The third-order valence-electron chi connectivity index (χ3n) is 0.276. The molecule has 3 nitrogen and oxygen atoms in total. The minimum absolute atomic E-state index is 0.115. The van der Waals surface area contributed by atoms with Gasteiger partial charge < -0.3 is 5.32 Å². The highest BCUT2D eigenvalue weighted by atomic mass is 16.1. The van der Waals surface area contributed by atoms with Crippen LogP contribution in [0.15, 0.2) is 0 Å². The summed E-state index contributed by atoms with van der Waals surface area (Å²) in [6.45, 7) is 0.115. The smallest absolute Gasteiger partial charge is 0.219 e. The third-order valence-corrected chi connectivity index (χ3v) is 0.276. The van der Waals surface area contributed by atoms with Gasteiger partial charge in [-0.25, -0.2) is 0 Å². The SMILES string of the molecule is N=CNC[C]=O. The highest BCUT2D eigenvalue weighted by Crippen LogP contribution is 1.36. The first kappa shape index (κ1) is 5.14. The van der Waals surface area contributed by atoms with E-state index in [0.29, 0.717) is 0 Å². The van der Waals surface area contributed by atoms with E-state index in [2.05, 4.69) is 5.32 Å². The van der Waals surface area contributed by atoms with Gasteiger partial charge in [0, 0.05) is 0 Å². The zero-order chi connectivity index (χ0) is 4.83. The molecular weight excluding hydrogens is 80.0 g/mol. The van der Waals surface area contributed by atoms with Crippen LogP contribution in [0.25, 0.3) is 0 Å². The second-order valence-electron chi connectivity index (χ2n) is 0.670. The van der Waals surface area contributed by atoms with Gasteiger partial charge in [0.2, 0.25) is 6.29 Å². The van der Waals surface area contributed by atoms with Crippen molar-refractivity contribution in [3.63, 3.8) is 0 Å². The Morgan fingerprint density at radius 1 is 2.00 bits per heavy atom. The summed E-state index contributed by atoms with van der Waals surface area (Å²) < 4.78 is 0. The molecule has 0 aliphatic rings. The van der Waals surface area contributed by atoms with Crippen LogP contribution in [0.4, 0.5) is 0 Å². The quantitative estimate of drug-likeness (QED) is 0.270. The van der Waals surface area contributed by atoms with Gasteiger partial charge in [0.25, 0.3) is 0 Å². The molecule has 0 aliphatic carbocycles. The maximum absolute atomic E-state index is 9.27. The molecule has 0 fully saturated rings. The van der Waals surface area contributed by atoms with Gasteiger partial charge >= 0.3 is 0 Å². The lowest BCUT2D eigenvalue weighted by Crippen LogP contribution is -2.11. The minimum atomic E-state index is 0.115. The Kier molecular flexibility index (Phi) is 3.55. The van der Waals surface area contributed by atoms with Crippen LogP contribution in [0.5, 0.6) is 0 Å².